The van der Waals surface area contributed by atoms with Crippen LogP contribution in [0.4, 0.5) is 0 Å². The lowest BCUT2D eigenvalue weighted by molar-refractivity contribution is 0.503. The minimum absolute atomic E-state index is 0. The van der Waals surface area contributed by atoms with Crippen molar-refractivity contribution in [3.05, 3.63) is 71.8 Å². The largest absolute Gasteiger partial charge is 0.314 e. The van der Waals surface area contributed by atoms with E-state index in [1.807, 2.05) is 0 Å². The molecule has 2 rings (SSSR count). The third-order valence-corrected chi connectivity index (χ3v) is 3.55. The van der Waals surface area contributed by atoms with E-state index in [1.165, 1.54) is 11.1 Å². The molecule has 0 radical (unpaired) electrons. The minimum Gasteiger partial charge on any atom is -0.314 e. The van der Waals surface area contributed by atoms with Crippen LogP contribution in [0, 0.1) is 0 Å². The van der Waals surface area contributed by atoms with Gasteiger partial charge in [-0.3, -0.25) is 0 Å². The number of hydrogen-bond donors (Lipinski definition) is 1. The average molecular weight is 290 g/mol. The summed E-state index contributed by atoms with van der Waals surface area (Å²) in [6.45, 7) is 5.45. The molecule has 0 heterocycles. The topological polar surface area (TPSA) is 12.0 Å². The Morgan fingerprint density at radius 3 is 1.70 bits per heavy atom. The first-order chi connectivity index (χ1) is 9.31. The summed E-state index contributed by atoms with van der Waals surface area (Å²) in [4.78, 5) is 0. The predicted molar refractivity (Wildman–Crippen MR) is 89.7 cm³/mol. The van der Waals surface area contributed by atoms with E-state index < -0.39 is 0 Å². The predicted octanol–water partition coefficient (Wildman–Crippen LogP) is 4.63. The molecule has 0 amide bonds. The second-order valence-electron chi connectivity index (χ2n) is 5.07. The van der Waals surface area contributed by atoms with Crippen LogP contribution < -0.4 is 5.32 Å². The normalized spacial score (nSPS) is 11.9. The van der Waals surface area contributed by atoms with Crippen LogP contribution >= 0.6 is 12.4 Å². The summed E-state index contributed by atoms with van der Waals surface area (Å²) in [6.07, 6.45) is 1.13. The number of benzene rings is 2. The molecule has 1 nitrogen and oxygen atoms in total. The van der Waals surface area contributed by atoms with Crippen molar-refractivity contribution in [2.24, 2.45) is 0 Å². The molecular formula is C18H24ClN. The maximum absolute atomic E-state index is 3.52. The molecule has 0 saturated heterocycles. The van der Waals surface area contributed by atoms with Crippen molar-refractivity contribution >= 4 is 12.4 Å². The van der Waals surface area contributed by atoms with Crippen molar-refractivity contribution in [3.63, 3.8) is 0 Å². The van der Waals surface area contributed by atoms with Crippen molar-refractivity contribution in [2.45, 2.75) is 32.2 Å². The second kappa shape index (κ2) is 8.78. The highest BCUT2D eigenvalue weighted by atomic mass is 35.5. The van der Waals surface area contributed by atoms with E-state index in [9.17, 15) is 0 Å². The molecule has 0 fully saturated rings. The molecule has 0 aliphatic carbocycles. The van der Waals surface area contributed by atoms with Crippen molar-refractivity contribution in [3.8, 4) is 0 Å². The van der Waals surface area contributed by atoms with Crippen LogP contribution in [0.5, 0.6) is 0 Å². The number of rotatable bonds is 6. The van der Waals surface area contributed by atoms with Gasteiger partial charge in [-0.2, -0.15) is 0 Å². The highest BCUT2D eigenvalue weighted by Crippen LogP contribution is 2.28. The maximum Gasteiger partial charge on any atom is 0.0104 e. The van der Waals surface area contributed by atoms with Gasteiger partial charge in [0.1, 0.15) is 0 Å². The molecule has 0 aliphatic heterocycles. The van der Waals surface area contributed by atoms with E-state index in [4.69, 9.17) is 0 Å². The van der Waals surface area contributed by atoms with E-state index in [2.05, 4.69) is 79.8 Å². The lowest BCUT2D eigenvalue weighted by atomic mass is 9.86. The summed E-state index contributed by atoms with van der Waals surface area (Å²) < 4.78 is 0. The summed E-state index contributed by atoms with van der Waals surface area (Å²) in [5.41, 5.74) is 2.80. The fourth-order valence-corrected chi connectivity index (χ4v) is 2.62. The van der Waals surface area contributed by atoms with Gasteiger partial charge in [-0.1, -0.05) is 67.6 Å². The smallest absolute Gasteiger partial charge is 0.0104 e. The Labute approximate surface area is 128 Å². The van der Waals surface area contributed by atoms with Crippen LogP contribution in [0.1, 0.15) is 37.3 Å². The molecule has 1 N–H and O–H groups in total. The van der Waals surface area contributed by atoms with Crippen molar-refractivity contribution in [1.29, 1.82) is 0 Å². The molecule has 108 valence electrons. The molecule has 1 unspecified atom stereocenters. The van der Waals surface area contributed by atoms with Gasteiger partial charge in [0, 0.05) is 12.0 Å². The van der Waals surface area contributed by atoms with Crippen LogP contribution in [0.3, 0.4) is 0 Å². The standard InChI is InChI=1S/C18H23N.ClH/c1-3-19-15(2)14-18(16-10-6-4-7-11-16)17-12-8-5-9-13-17;/h4-13,15,18-19H,3,14H2,1-2H3;1H. The number of nitrogens with one attached hydrogen (secondary N) is 1. The monoisotopic (exact) mass is 289 g/mol. The zero-order chi connectivity index (χ0) is 13.5. The van der Waals surface area contributed by atoms with Gasteiger partial charge in [-0.05, 0) is 31.0 Å². The molecule has 2 aromatic rings. The molecule has 2 aromatic carbocycles. The number of halogens is 1. The third-order valence-electron chi connectivity index (χ3n) is 3.55. The van der Waals surface area contributed by atoms with Gasteiger partial charge in [0.25, 0.3) is 0 Å². The average Bonchev–Trinajstić information content (AvgIpc) is 2.47. The van der Waals surface area contributed by atoms with Crippen molar-refractivity contribution < 1.29 is 0 Å². The molecule has 0 bridgehead atoms. The van der Waals surface area contributed by atoms with Crippen LogP contribution in [-0.2, 0) is 0 Å². The zero-order valence-electron chi connectivity index (χ0n) is 12.3. The summed E-state index contributed by atoms with van der Waals surface area (Å²) >= 11 is 0. The van der Waals surface area contributed by atoms with E-state index in [1.54, 1.807) is 0 Å². The zero-order valence-corrected chi connectivity index (χ0v) is 13.1. The second-order valence-corrected chi connectivity index (χ2v) is 5.07. The molecule has 0 saturated carbocycles. The molecule has 0 aromatic heterocycles. The fraction of sp³-hybridized carbons (Fsp3) is 0.333. The van der Waals surface area contributed by atoms with Crippen LogP contribution in [0.25, 0.3) is 0 Å². The highest BCUT2D eigenvalue weighted by Gasteiger charge is 2.16. The molecule has 2 heteroatoms. The maximum atomic E-state index is 3.52. The van der Waals surface area contributed by atoms with Crippen molar-refractivity contribution in [2.75, 3.05) is 6.54 Å². The molecule has 0 spiro atoms. The lowest BCUT2D eigenvalue weighted by Crippen LogP contribution is -2.27. The minimum atomic E-state index is 0. The first-order valence-corrected chi connectivity index (χ1v) is 7.14. The van der Waals surface area contributed by atoms with Gasteiger partial charge in [0.05, 0.1) is 0 Å². The van der Waals surface area contributed by atoms with Crippen LogP contribution in [0.15, 0.2) is 60.7 Å². The Morgan fingerprint density at radius 2 is 1.30 bits per heavy atom. The van der Waals surface area contributed by atoms with E-state index in [0.717, 1.165) is 13.0 Å². The Bertz CT molecular complexity index is 430. The first kappa shape index (κ1) is 16.7. The summed E-state index contributed by atoms with van der Waals surface area (Å²) in [7, 11) is 0. The molecule has 0 aliphatic rings. The number of hydrogen-bond acceptors (Lipinski definition) is 1. The van der Waals surface area contributed by atoms with Gasteiger partial charge in [0.2, 0.25) is 0 Å². The third kappa shape index (κ3) is 4.66. The van der Waals surface area contributed by atoms with Gasteiger partial charge < -0.3 is 5.32 Å². The van der Waals surface area contributed by atoms with Gasteiger partial charge >= 0.3 is 0 Å². The Hall–Kier alpha value is -1.31. The van der Waals surface area contributed by atoms with E-state index in [-0.39, 0.29) is 12.4 Å². The fourth-order valence-electron chi connectivity index (χ4n) is 2.62. The summed E-state index contributed by atoms with van der Waals surface area (Å²) in [5.74, 6) is 0.469. The summed E-state index contributed by atoms with van der Waals surface area (Å²) in [6, 6.07) is 22.1. The van der Waals surface area contributed by atoms with Crippen molar-refractivity contribution in [1.82, 2.24) is 5.32 Å². The Morgan fingerprint density at radius 1 is 0.850 bits per heavy atom. The van der Waals surface area contributed by atoms with Crippen LogP contribution in [-0.4, -0.2) is 12.6 Å². The van der Waals surface area contributed by atoms with Gasteiger partial charge in [0.15, 0.2) is 0 Å². The Kier molecular flexibility index (Phi) is 7.35. The lowest BCUT2D eigenvalue weighted by Gasteiger charge is -2.22. The molecular weight excluding hydrogens is 266 g/mol. The van der Waals surface area contributed by atoms with Gasteiger partial charge in [-0.25, -0.2) is 0 Å². The van der Waals surface area contributed by atoms with E-state index >= 15 is 0 Å². The van der Waals surface area contributed by atoms with Gasteiger partial charge in [-0.15, -0.1) is 12.4 Å². The Balaban J connectivity index is 0.00000200. The van der Waals surface area contributed by atoms with E-state index in [0.29, 0.717) is 12.0 Å². The molecule has 1 atom stereocenters. The first-order valence-electron chi connectivity index (χ1n) is 7.14. The molecule has 20 heavy (non-hydrogen) atoms. The highest BCUT2D eigenvalue weighted by molar-refractivity contribution is 5.85. The quantitative estimate of drug-likeness (QED) is 0.818. The summed E-state index contributed by atoms with van der Waals surface area (Å²) in [5, 5.41) is 3.52. The van der Waals surface area contributed by atoms with Crippen LogP contribution in [0.2, 0.25) is 0 Å². The SMILES string of the molecule is CCNC(C)CC(c1ccccc1)c1ccccc1.Cl.